The average molecular weight is 333 g/mol. The summed E-state index contributed by atoms with van der Waals surface area (Å²) in [6, 6.07) is 8.02. The summed E-state index contributed by atoms with van der Waals surface area (Å²) in [6.07, 6.45) is -0.452. The van der Waals surface area contributed by atoms with E-state index in [1.165, 1.54) is 5.56 Å². The Hall–Kier alpha value is -1.43. The number of piperazine rings is 1. The van der Waals surface area contributed by atoms with Crippen LogP contribution in [0.25, 0.3) is 0 Å². The van der Waals surface area contributed by atoms with Crippen molar-refractivity contribution < 1.29 is 9.90 Å². The molecular weight excluding hydrogens is 302 g/mol. The Bertz CT molecular complexity index is 508. The van der Waals surface area contributed by atoms with E-state index in [0.29, 0.717) is 0 Å². The van der Waals surface area contributed by atoms with Crippen LogP contribution in [0.1, 0.15) is 32.8 Å². The molecule has 1 fully saturated rings. The van der Waals surface area contributed by atoms with Gasteiger partial charge in [-0.2, -0.15) is 0 Å². The standard InChI is InChI=1S/C19H31N3O2/c1-4-21-9-11-22(12-10-21)14-16-5-7-17(8-6-16)20-19(24)13-18(23)15(2)3/h5-8,15,18,23H,4,9-14H2,1-3H3,(H,20,24). The van der Waals surface area contributed by atoms with E-state index in [4.69, 9.17) is 0 Å². The van der Waals surface area contributed by atoms with E-state index in [1.54, 1.807) is 0 Å². The van der Waals surface area contributed by atoms with Gasteiger partial charge in [0.1, 0.15) is 0 Å². The molecule has 1 aliphatic heterocycles. The van der Waals surface area contributed by atoms with Gasteiger partial charge in [-0.05, 0) is 30.2 Å². The molecule has 1 saturated heterocycles. The number of aliphatic hydroxyl groups is 1. The van der Waals surface area contributed by atoms with Crippen molar-refractivity contribution in [2.75, 3.05) is 38.0 Å². The monoisotopic (exact) mass is 333 g/mol. The Morgan fingerprint density at radius 3 is 2.25 bits per heavy atom. The lowest BCUT2D eigenvalue weighted by Gasteiger charge is -2.34. The van der Waals surface area contributed by atoms with E-state index >= 15 is 0 Å². The predicted molar refractivity (Wildman–Crippen MR) is 97.9 cm³/mol. The Kier molecular flexibility index (Phi) is 7.21. The summed E-state index contributed by atoms with van der Waals surface area (Å²) in [6.45, 7) is 12.6. The molecule has 0 aliphatic carbocycles. The fourth-order valence-electron chi connectivity index (χ4n) is 2.85. The number of aliphatic hydroxyl groups excluding tert-OH is 1. The molecule has 1 heterocycles. The number of nitrogens with one attached hydrogen (secondary N) is 1. The quantitative estimate of drug-likeness (QED) is 0.803. The Balaban J connectivity index is 1.79. The van der Waals surface area contributed by atoms with E-state index < -0.39 is 6.10 Å². The summed E-state index contributed by atoms with van der Waals surface area (Å²) in [7, 11) is 0. The maximum atomic E-state index is 11.9. The molecule has 0 bridgehead atoms. The zero-order chi connectivity index (χ0) is 17.5. The minimum atomic E-state index is -0.592. The third-order valence-electron chi connectivity index (χ3n) is 4.72. The molecule has 1 aromatic carbocycles. The number of rotatable bonds is 7. The zero-order valence-electron chi connectivity index (χ0n) is 15.2. The van der Waals surface area contributed by atoms with Gasteiger partial charge in [-0.3, -0.25) is 9.69 Å². The van der Waals surface area contributed by atoms with Crippen LogP contribution in [0.2, 0.25) is 0 Å². The average Bonchev–Trinajstić information content (AvgIpc) is 2.57. The van der Waals surface area contributed by atoms with Gasteiger partial charge < -0.3 is 15.3 Å². The summed E-state index contributed by atoms with van der Waals surface area (Å²) < 4.78 is 0. The van der Waals surface area contributed by atoms with Gasteiger partial charge in [-0.25, -0.2) is 0 Å². The van der Waals surface area contributed by atoms with Crippen LogP contribution in [0.5, 0.6) is 0 Å². The summed E-state index contributed by atoms with van der Waals surface area (Å²) in [4.78, 5) is 16.8. The van der Waals surface area contributed by atoms with Crippen LogP contribution < -0.4 is 5.32 Å². The molecule has 1 aromatic rings. The number of benzene rings is 1. The molecule has 2 rings (SSSR count). The van der Waals surface area contributed by atoms with Crippen molar-refractivity contribution in [3.05, 3.63) is 29.8 Å². The number of carbonyl (C=O) groups is 1. The second-order valence-corrected chi connectivity index (χ2v) is 6.97. The van der Waals surface area contributed by atoms with Crippen molar-refractivity contribution in [2.45, 2.75) is 39.8 Å². The van der Waals surface area contributed by atoms with Crippen LogP contribution in [-0.4, -0.2) is 59.6 Å². The summed E-state index contributed by atoms with van der Waals surface area (Å²) in [5, 5.41) is 12.6. The van der Waals surface area contributed by atoms with Crippen LogP contribution in [0.15, 0.2) is 24.3 Å². The molecule has 0 aromatic heterocycles. The number of nitrogens with zero attached hydrogens (tertiary/aromatic N) is 2. The number of likely N-dealkylation sites (N-methyl/N-ethyl adjacent to an activating group) is 1. The van der Waals surface area contributed by atoms with Crippen molar-refractivity contribution in [1.82, 2.24) is 9.80 Å². The minimum Gasteiger partial charge on any atom is -0.392 e. The van der Waals surface area contributed by atoms with Crippen molar-refractivity contribution in [3.63, 3.8) is 0 Å². The lowest BCUT2D eigenvalue weighted by atomic mass is 10.0. The third kappa shape index (κ3) is 5.89. The fourth-order valence-corrected chi connectivity index (χ4v) is 2.85. The molecule has 1 atom stereocenters. The number of carbonyl (C=O) groups excluding carboxylic acids is 1. The predicted octanol–water partition coefficient (Wildman–Crippen LogP) is 2.17. The molecule has 5 nitrogen and oxygen atoms in total. The molecule has 24 heavy (non-hydrogen) atoms. The second-order valence-electron chi connectivity index (χ2n) is 6.97. The Morgan fingerprint density at radius 1 is 1.12 bits per heavy atom. The normalized spacial score (nSPS) is 17.9. The van der Waals surface area contributed by atoms with E-state index in [9.17, 15) is 9.90 Å². The van der Waals surface area contributed by atoms with Crippen LogP contribution in [0.4, 0.5) is 5.69 Å². The molecule has 134 valence electrons. The van der Waals surface area contributed by atoms with Gasteiger partial charge in [0, 0.05) is 38.4 Å². The molecule has 2 N–H and O–H groups in total. The molecule has 5 heteroatoms. The zero-order valence-corrected chi connectivity index (χ0v) is 15.2. The highest BCUT2D eigenvalue weighted by Crippen LogP contribution is 2.14. The lowest BCUT2D eigenvalue weighted by molar-refractivity contribution is -0.118. The molecule has 1 unspecified atom stereocenters. The summed E-state index contributed by atoms with van der Waals surface area (Å²) >= 11 is 0. The molecule has 1 amide bonds. The summed E-state index contributed by atoms with van der Waals surface area (Å²) in [5.74, 6) is -0.0501. The fraction of sp³-hybridized carbons (Fsp3) is 0.632. The van der Waals surface area contributed by atoms with E-state index in [-0.39, 0.29) is 18.2 Å². The van der Waals surface area contributed by atoms with E-state index in [2.05, 4.69) is 34.2 Å². The maximum Gasteiger partial charge on any atom is 0.226 e. The first-order valence-electron chi connectivity index (χ1n) is 8.99. The van der Waals surface area contributed by atoms with E-state index in [0.717, 1.165) is 45.0 Å². The molecule has 1 aliphatic rings. The van der Waals surface area contributed by atoms with Crippen molar-refractivity contribution in [1.29, 1.82) is 0 Å². The largest absolute Gasteiger partial charge is 0.392 e. The first-order chi connectivity index (χ1) is 11.5. The van der Waals surface area contributed by atoms with Gasteiger partial charge >= 0.3 is 0 Å². The third-order valence-corrected chi connectivity index (χ3v) is 4.72. The van der Waals surface area contributed by atoms with Crippen molar-refractivity contribution in [3.8, 4) is 0 Å². The first-order valence-corrected chi connectivity index (χ1v) is 8.99. The number of amides is 1. The molecule has 0 saturated carbocycles. The van der Waals surface area contributed by atoms with Gasteiger partial charge in [0.05, 0.1) is 12.5 Å². The summed E-state index contributed by atoms with van der Waals surface area (Å²) in [5.41, 5.74) is 2.05. The van der Waals surface area contributed by atoms with Crippen LogP contribution in [0.3, 0.4) is 0 Å². The van der Waals surface area contributed by atoms with E-state index in [1.807, 2.05) is 26.0 Å². The second kappa shape index (κ2) is 9.16. The smallest absolute Gasteiger partial charge is 0.226 e. The lowest BCUT2D eigenvalue weighted by Crippen LogP contribution is -2.45. The topological polar surface area (TPSA) is 55.8 Å². The molecule has 0 spiro atoms. The Labute approximate surface area is 145 Å². The Morgan fingerprint density at radius 2 is 1.71 bits per heavy atom. The maximum absolute atomic E-state index is 11.9. The van der Waals surface area contributed by atoms with Crippen molar-refractivity contribution in [2.24, 2.45) is 5.92 Å². The molecular formula is C19H31N3O2. The highest BCUT2D eigenvalue weighted by Gasteiger charge is 2.16. The number of hydrogen-bond donors (Lipinski definition) is 2. The van der Waals surface area contributed by atoms with Gasteiger partial charge in [-0.1, -0.05) is 32.9 Å². The van der Waals surface area contributed by atoms with Gasteiger partial charge in [0.2, 0.25) is 5.91 Å². The molecule has 0 radical (unpaired) electrons. The van der Waals surface area contributed by atoms with Gasteiger partial charge in [0.15, 0.2) is 0 Å². The number of anilines is 1. The van der Waals surface area contributed by atoms with Crippen LogP contribution in [-0.2, 0) is 11.3 Å². The van der Waals surface area contributed by atoms with Gasteiger partial charge in [-0.15, -0.1) is 0 Å². The highest BCUT2D eigenvalue weighted by atomic mass is 16.3. The number of hydrogen-bond acceptors (Lipinski definition) is 4. The minimum absolute atomic E-state index is 0.0892. The van der Waals surface area contributed by atoms with Gasteiger partial charge in [0.25, 0.3) is 0 Å². The first kappa shape index (κ1) is 18.9. The van der Waals surface area contributed by atoms with Crippen LogP contribution in [0, 0.1) is 5.92 Å². The highest BCUT2D eigenvalue weighted by molar-refractivity contribution is 5.91. The SMILES string of the molecule is CCN1CCN(Cc2ccc(NC(=O)CC(O)C(C)C)cc2)CC1. The van der Waals surface area contributed by atoms with Crippen LogP contribution >= 0.6 is 0 Å². The van der Waals surface area contributed by atoms with Crippen molar-refractivity contribution >= 4 is 11.6 Å².